The van der Waals surface area contributed by atoms with E-state index in [0.29, 0.717) is 0 Å². The first-order valence-electron chi connectivity index (χ1n) is 5.18. The highest BCUT2D eigenvalue weighted by molar-refractivity contribution is 5.88. The first-order chi connectivity index (χ1) is 7.56. The molecule has 0 radical (unpaired) electrons. The molecule has 16 heavy (non-hydrogen) atoms. The van der Waals surface area contributed by atoms with E-state index in [1.54, 1.807) is 0 Å². The number of hydrogen-bond acceptors (Lipinski definition) is 2. The fraction of sp³-hybridized carbons (Fsp3) is 0.417. The summed E-state index contributed by atoms with van der Waals surface area (Å²) in [5.74, 6) is -1.97. The number of ether oxygens (including phenoxy) is 1. The number of hydrogen-bond donors (Lipinski definition) is 1. The molecule has 0 aliphatic heterocycles. The number of carboxylic acid groups (broad SMARTS) is 1. The van der Waals surface area contributed by atoms with Gasteiger partial charge in [0.1, 0.15) is 5.82 Å². The van der Waals surface area contributed by atoms with Crippen LogP contribution in [0.4, 0.5) is 4.39 Å². The van der Waals surface area contributed by atoms with E-state index in [2.05, 4.69) is 0 Å². The summed E-state index contributed by atoms with van der Waals surface area (Å²) in [6, 6.07) is 4.29. The van der Waals surface area contributed by atoms with Crippen molar-refractivity contribution in [2.24, 2.45) is 0 Å². The lowest BCUT2D eigenvalue weighted by molar-refractivity contribution is 0.0490. The van der Waals surface area contributed by atoms with Crippen molar-refractivity contribution < 1.29 is 19.0 Å². The van der Waals surface area contributed by atoms with Gasteiger partial charge < -0.3 is 9.84 Å². The maximum Gasteiger partial charge on any atom is 0.338 e. The molecule has 1 unspecified atom stereocenters. The molecular formula is C12H15FO3. The van der Waals surface area contributed by atoms with E-state index < -0.39 is 11.8 Å². The van der Waals surface area contributed by atoms with Gasteiger partial charge in [0.05, 0.1) is 18.3 Å². The van der Waals surface area contributed by atoms with E-state index in [-0.39, 0.29) is 23.8 Å². The van der Waals surface area contributed by atoms with Crippen molar-refractivity contribution in [2.45, 2.75) is 33.0 Å². The number of rotatable bonds is 5. The maximum atomic E-state index is 13.6. The molecule has 0 aromatic heterocycles. The van der Waals surface area contributed by atoms with Crippen LogP contribution in [-0.4, -0.2) is 17.2 Å². The van der Waals surface area contributed by atoms with Crippen LogP contribution in [0.15, 0.2) is 18.2 Å². The Bertz CT molecular complexity index is 377. The average Bonchev–Trinajstić information content (AvgIpc) is 2.26. The molecule has 0 aliphatic rings. The molecule has 0 bridgehead atoms. The van der Waals surface area contributed by atoms with Gasteiger partial charge in [-0.05, 0) is 19.4 Å². The fourth-order valence-electron chi connectivity index (χ4n) is 1.21. The zero-order chi connectivity index (χ0) is 12.1. The molecule has 0 heterocycles. The Morgan fingerprint density at radius 2 is 2.25 bits per heavy atom. The quantitative estimate of drug-likeness (QED) is 0.839. The van der Waals surface area contributed by atoms with Crippen LogP contribution in [-0.2, 0) is 11.3 Å². The Morgan fingerprint density at radius 1 is 1.56 bits per heavy atom. The van der Waals surface area contributed by atoms with E-state index in [1.807, 2.05) is 13.8 Å². The molecule has 1 atom stereocenters. The Labute approximate surface area is 93.9 Å². The third-order valence-corrected chi connectivity index (χ3v) is 2.41. The molecule has 0 amide bonds. The molecule has 0 spiro atoms. The highest BCUT2D eigenvalue weighted by Crippen LogP contribution is 2.15. The molecule has 0 saturated carbocycles. The number of carboxylic acids is 1. The van der Waals surface area contributed by atoms with Crippen LogP contribution in [0.5, 0.6) is 0 Å². The van der Waals surface area contributed by atoms with Gasteiger partial charge in [0.15, 0.2) is 0 Å². The predicted octanol–water partition coefficient (Wildman–Crippen LogP) is 2.84. The van der Waals surface area contributed by atoms with E-state index in [1.165, 1.54) is 18.2 Å². The zero-order valence-corrected chi connectivity index (χ0v) is 9.37. The van der Waals surface area contributed by atoms with Gasteiger partial charge in [0, 0.05) is 5.56 Å². The fourth-order valence-corrected chi connectivity index (χ4v) is 1.21. The van der Waals surface area contributed by atoms with Gasteiger partial charge in [-0.25, -0.2) is 9.18 Å². The molecule has 1 rings (SSSR count). The number of aromatic carboxylic acids is 1. The number of benzene rings is 1. The van der Waals surface area contributed by atoms with Crippen molar-refractivity contribution in [3.8, 4) is 0 Å². The molecule has 4 heteroatoms. The number of carbonyl (C=O) groups is 1. The molecule has 1 aromatic rings. The van der Waals surface area contributed by atoms with Crippen molar-refractivity contribution in [3.63, 3.8) is 0 Å². The second kappa shape index (κ2) is 5.61. The Balaban J connectivity index is 2.81. The van der Waals surface area contributed by atoms with Crippen LogP contribution in [0.3, 0.4) is 0 Å². The molecule has 1 aromatic carbocycles. The maximum absolute atomic E-state index is 13.6. The lowest BCUT2D eigenvalue weighted by Gasteiger charge is -2.11. The van der Waals surface area contributed by atoms with Crippen molar-refractivity contribution in [3.05, 3.63) is 35.1 Å². The first-order valence-corrected chi connectivity index (χ1v) is 5.18. The SMILES string of the molecule is CCC(C)OCc1cccc(C(=O)O)c1F. The van der Waals surface area contributed by atoms with Crippen molar-refractivity contribution in [1.82, 2.24) is 0 Å². The van der Waals surface area contributed by atoms with Crippen LogP contribution >= 0.6 is 0 Å². The molecule has 0 aliphatic carbocycles. The third kappa shape index (κ3) is 3.03. The Morgan fingerprint density at radius 3 is 2.81 bits per heavy atom. The summed E-state index contributed by atoms with van der Waals surface area (Å²) in [6.07, 6.45) is 0.869. The van der Waals surface area contributed by atoms with E-state index in [4.69, 9.17) is 9.84 Å². The summed E-state index contributed by atoms with van der Waals surface area (Å²) in [5, 5.41) is 8.73. The highest BCUT2D eigenvalue weighted by atomic mass is 19.1. The summed E-state index contributed by atoms with van der Waals surface area (Å²) < 4.78 is 19.0. The van der Waals surface area contributed by atoms with Gasteiger partial charge in [-0.15, -0.1) is 0 Å². The number of halogens is 1. The van der Waals surface area contributed by atoms with Gasteiger partial charge in [0.25, 0.3) is 0 Å². The summed E-state index contributed by atoms with van der Waals surface area (Å²) >= 11 is 0. The second-order valence-corrected chi connectivity index (χ2v) is 3.61. The van der Waals surface area contributed by atoms with Gasteiger partial charge in [-0.1, -0.05) is 19.1 Å². The summed E-state index contributed by atoms with van der Waals surface area (Å²) in [5.41, 5.74) is -0.0366. The Kier molecular flexibility index (Phi) is 4.43. The summed E-state index contributed by atoms with van der Waals surface area (Å²) in [6.45, 7) is 3.95. The van der Waals surface area contributed by atoms with Crippen LogP contribution in [0.1, 0.15) is 36.2 Å². The standard InChI is InChI=1S/C12H15FO3/c1-3-8(2)16-7-9-5-4-6-10(11(9)13)12(14)15/h4-6,8H,3,7H2,1-2H3,(H,14,15). The van der Waals surface area contributed by atoms with Crippen LogP contribution < -0.4 is 0 Å². The lowest BCUT2D eigenvalue weighted by atomic mass is 10.1. The van der Waals surface area contributed by atoms with E-state index in [9.17, 15) is 9.18 Å². The van der Waals surface area contributed by atoms with Gasteiger partial charge in [-0.2, -0.15) is 0 Å². The van der Waals surface area contributed by atoms with Crippen molar-refractivity contribution in [1.29, 1.82) is 0 Å². The smallest absolute Gasteiger partial charge is 0.338 e. The van der Waals surface area contributed by atoms with Crippen molar-refractivity contribution in [2.75, 3.05) is 0 Å². The Hall–Kier alpha value is -1.42. The van der Waals surface area contributed by atoms with Crippen molar-refractivity contribution >= 4 is 5.97 Å². The third-order valence-electron chi connectivity index (χ3n) is 2.41. The lowest BCUT2D eigenvalue weighted by Crippen LogP contribution is -2.09. The largest absolute Gasteiger partial charge is 0.478 e. The molecule has 88 valence electrons. The second-order valence-electron chi connectivity index (χ2n) is 3.61. The minimum atomic E-state index is -1.26. The van der Waals surface area contributed by atoms with Crippen LogP contribution in [0, 0.1) is 5.82 Å². The van der Waals surface area contributed by atoms with Crippen LogP contribution in [0.25, 0.3) is 0 Å². The van der Waals surface area contributed by atoms with Gasteiger partial charge in [-0.3, -0.25) is 0 Å². The summed E-state index contributed by atoms with van der Waals surface area (Å²) in [7, 11) is 0. The minimum absolute atomic E-state index is 0.0351. The molecule has 1 N–H and O–H groups in total. The molecular weight excluding hydrogens is 211 g/mol. The molecule has 0 fully saturated rings. The zero-order valence-electron chi connectivity index (χ0n) is 9.37. The highest BCUT2D eigenvalue weighted by Gasteiger charge is 2.14. The topological polar surface area (TPSA) is 46.5 Å². The monoisotopic (exact) mass is 226 g/mol. The van der Waals surface area contributed by atoms with Gasteiger partial charge >= 0.3 is 5.97 Å². The molecule has 3 nitrogen and oxygen atoms in total. The van der Waals surface area contributed by atoms with E-state index >= 15 is 0 Å². The summed E-state index contributed by atoms with van der Waals surface area (Å²) in [4.78, 5) is 10.7. The molecule has 0 saturated heterocycles. The van der Waals surface area contributed by atoms with Crippen LogP contribution in [0.2, 0.25) is 0 Å². The normalized spacial score (nSPS) is 12.4. The minimum Gasteiger partial charge on any atom is -0.478 e. The predicted molar refractivity (Wildman–Crippen MR) is 57.9 cm³/mol. The average molecular weight is 226 g/mol. The van der Waals surface area contributed by atoms with E-state index in [0.717, 1.165) is 6.42 Å². The first kappa shape index (κ1) is 12.6. The van der Waals surface area contributed by atoms with Gasteiger partial charge in [0.2, 0.25) is 0 Å².